The molecule has 1 heterocycles. The fraction of sp³-hybridized carbons (Fsp3) is 0.700. The van der Waals surface area contributed by atoms with Gasteiger partial charge in [-0.3, -0.25) is 0 Å². The van der Waals surface area contributed by atoms with E-state index in [0.29, 0.717) is 11.7 Å². The summed E-state index contributed by atoms with van der Waals surface area (Å²) in [5.41, 5.74) is 0.591. The summed E-state index contributed by atoms with van der Waals surface area (Å²) in [7, 11) is 0. The summed E-state index contributed by atoms with van der Waals surface area (Å²) >= 11 is 0. The van der Waals surface area contributed by atoms with Gasteiger partial charge in [0, 0.05) is 0 Å². The van der Waals surface area contributed by atoms with Crippen LogP contribution in [0.4, 0.5) is 0 Å². The van der Waals surface area contributed by atoms with Crippen LogP contribution in [0.3, 0.4) is 0 Å². The lowest BCUT2D eigenvalue weighted by atomic mass is 9.96. The normalized spacial score (nSPS) is 17.9. The van der Waals surface area contributed by atoms with Crippen molar-refractivity contribution in [3.05, 3.63) is 11.4 Å². The second-order valence-corrected chi connectivity index (χ2v) is 4.05. The summed E-state index contributed by atoms with van der Waals surface area (Å²) in [6.07, 6.45) is 5.77. The van der Waals surface area contributed by atoms with Crippen molar-refractivity contribution in [2.45, 2.75) is 45.1 Å². The van der Waals surface area contributed by atoms with Crippen LogP contribution in [0.1, 0.15) is 54.3 Å². The van der Waals surface area contributed by atoms with Gasteiger partial charge in [-0.2, -0.15) is 9.90 Å². The third kappa shape index (κ3) is 2.00. The minimum absolute atomic E-state index is 0.0839. The zero-order valence-corrected chi connectivity index (χ0v) is 8.81. The number of aromatic carboxylic acids is 1. The predicted molar refractivity (Wildman–Crippen MR) is 53.8 cm³/mol. The van der Waals surface area contributed by atoms with E-state index >= 15 is 0 Å². The molecule has 0 radical (unpaired) electrons. The molecule has 0 atom stereocenters. The Balaban J connectivity index is 2.21. The van der Waals surface area contributed by atoms with Gasteiger partial charge in [-0.15, -0.1) is 5.10 Å². The smallest absolute Gasteiger partial charge is 0.358 e. The van der Waals surface area contributed by atoms with E-state index in [-0.39, 0.29) is 5.69 Å². The number of hydrogen-bond acceptors (Lipinski definition) is 3. The molecule has 0 amide bonds. The van der Waals surface area contributed by atoms with Crippen LogP contribution in [-0.4, -0.2) is 26.1 Å². The number of carboxylic acid groups (broad SMARTS) is 1. The first-order chi connectivity index (χ1) is 7.18. The molecule has 0 bridgehead atoms. The van der Waals surface area contributed by atoms with Crippen molar-refractivity contribution in [1.29, 1.82) is 0 Å². The third-order valence-electron chi connectivity index (χ3n) is 2.90. The lowest BCUT2D eigenvalue weighted by molar-refractivity contribution is 0.0688. The van der Waals surface area contributed by atoms with Crippen molar-refractivity contribution in [2.24, 2.45) is 0 Å². The molecule has 1 aromatic heterocycles. The van der Waals surface area contributed by atoms with E-state index in [0.717, 1.165) is 12.8 Å². The zero-order chi connectivity index (χ0) is 10.8. The molecule has 5 nitrogen and oxygen atoms in total. The minimum Gasteiger partial charge on any atom is -0.476 e. The van der Waals surface area contributed by atoms with E-state index in [9.17, 15) is 4.79 Å². The van der Waals surface area contributed by atoms with Crippen molar-refractivity contribution >= 4 is 5.97 Å². The fourth-order valence-electron chi connectivity index (χ4n) is 2.07. The van der Waals surface area contributed by atoms with Crippen LogP contribution in [0.15, 0.2) is 0 Å². The Morgan fingerprint density at radius 2 is 2.00 bits per heavy atom. The molecule has 1 N–H and O–H groups in total. The maximum atomic E-state index is 10.8. The van der Waals surface area contributed by atoms with E-state index in [2.05, 4.69) is 10.2 Å². The number of hydrogen-bond donors (Lipinski definition) is 1. The highest BCUT2D eigenvalue weighted by atomic mass is 16.4. The van der Waals surface area contributed by atoms with Crippen molar-refractivity contribution in [1.82, 2.24) is 15.0 Å². The Bertz CT molecular complexity index is 367. The number of carboxylic acids is 1. The number of rotatable bonds is 2. The van der Waals surface area contributed by atoms with Crippen molar-refractivity contribution in [2.75, 3.05) is 0 Å². The summed E-state index contributed by atoms with van der Waals surface area (Å²) in [4.78, 5) is 12.4. The molecule has 82 valence electrons. The third-order valence-corrected chi connectivity index (χ3v) is 2.90. The highest BCUT2D eigenvalue weighted by Crippen LogP contribution is 2.26. The fourth-order valence-corrected chi connectivity index (χ4v) is 2.07. The van der Waals surface area contributed by atoms with E-state index in [4.69, 9.17) is 5.11 Å². The Morgan fingerprint density at radius 3 is 2.53 bits per heavy atom. The van der Waals surface area contributed by atoms with Gasteiger partial charge in [0.1, 0.15) is 0 Å². The maximum absolute atomic E-state index is 10.8. The van der Waals surface area contributed by atoms with E-state index in [1.807, 2.05) is 0 Å². The van der Waals surface area contributed by atoms with E-state index in [1.165, 1.54) is 19.3 Å². The molecular formula is C10H15N3O2. The van der Waals surface area contributed by atoms with Crippen LogP contribution < -0.4 is 0 Å². The van der Waals surface area contributed by atoms with E-state index < -0.39 is 5.97 Å². The van der Waals surface area contributed by atoms with Gasteiger partial charge in [0.05, 0.1) is 11.7 Å². The number of carbonyl (C=O) groups is 1. The molecular weight excluding hydrogens is 194 g/mol. The van der Waals surface area contributed by atoms with Crippen molar-refractivity contribution in [3.8, 4) is 0 Å². The molecule has 5 heteroatoms. The summed E-state index contributed by atoms with van der Waals surface area (Å²) in [6.45, 7) is 1.69. The Kier molecular flexibility index (Phi) is 2.70. The van der Waals surface area contributed by atoms with Crippen LogP contribution in [0, 0.1) is 6.92 Å². The molecule has 1 fully saturated rings. The number of aromatic nitrogens is 3. The quantitative estimate of drug-likeness (QED) is 0.806. The van der Waals surface area contributed by atoms with Gasteiger partial charge in [0.25, 0.3) is 0 Å². The summed E-state index contributed by atoms with van der Waals surface area (Å²) in [5.74, 6) is -0.991. The molecule has 1 aliphatic carbocycles. The second-order valence-electron chi connectivity index (χ2n) is 4.05. The van der Waals surface area contributed by atoms with Crippen LogP contribution in [0.5, 0.6) is 0 Å². The first kappa shape index (κ1) is 10.1. The first-order valence-electron chi connectivity index (χ1n) is 5.35. The Hall–Kier alpha value is -1.39. The molecule has 15 heavy (non-hydrogen) atoms. The SMILES string of the molecule is Cc1nn(C2CCCCC2)nc1C(=O)O. The van der Waals surface area contributed by atoms with Crippen LogP contribution in [-0.2, 0) is 0 Å². The van der Waals surface area contributed by atoms with Gasteiger partial charge in [-0.1, -0.05) is 19.3 Å². The molecule has 2 rings (SSSR count). The minimum atomic E-state index is -0.991. The number of nitrogens with zero attached hydrogens (tertiary/aromatic N) is 3. The van der Waals surface area contributed by atoms with Crippen molar-refractivity contribution in [3.63, 3.8) is 0 Å². The lowest BCUT2D eigenvalue weighted by Gasteiger charge is -2.20. The molecule has 1 aliphatic rings. The van der Waals surface area contributed by atoms with E-state index in [1.54, 1.807) is 11.7 Å². The van der Waals surface area contributed by atoms with Crippen LogP contribution in [0.25, 0.3) is 0 Å². The van der Waals surface area contributed by atoms with Gasteiger partial charge >= 0.3 is 5.97 Å². The molecule has 0 spiro atoms. The average Bonchev–Trinajstić information content (AvgIpc) is 2.62. The van der Waals surface area contributed by atoms with Crippen molar-refractivity contribution < 1.29 is 9.90 Å². The molecule has 0 aromatic carbocycles. The second kappa shape index (κ2) is 4.00. The lowest BCUT2D eigenvalue weighted by Crippen LogP contribution is -2.16. The summed E-state index contributed by atoms with van der Waals surface area (Å²) in [6, 6.07) is 0.297. The summed E-state index contributed by atoms with van der Waals surface area (Å²) < 4.78 is 0. The van der Waals surface area contributed by atoms with Gasteiger partial charge in [-0.05, 0) is 19.8 Å². The van der Waals surface area contributed by atoms with Gasteiger partial charge < -0.3 is 5.11 Å². The topological polar surface area (TPSA) is 68.0 Å². The molecule has 0 unspecified atom stereocenters. The Labute approximate surface area is 88.1 Å². The molecule has 1 aromatic rings. The monoisotopic (exact) mass is 209 g/mol. The number of aryl methyl sites for hydroxylation is 1. The van der Waals surface area contributed by atoms with Crippen LogP contribution in [0.2, 0.25) is 0 Å². The largest absolute Gasteiger partial charge is 0.476 e. The standard InChI is InChI=1S/C10H15N3O2/c1-7-9(10(14)15)12-13(11-7)8-5-3-2-4-6-8/h8H,2-6H2,1H3,(H,14,15). The Morgan fingerprint density at radius 1 is 1.33 bits per heavy atom. The van der Waals surface area contributed by atoms with Gasteiger partial charge in [0.15, 0.2) is 5.69 Å². The summed E-state index contributed by atoms with van der Waals surface area (Å²) in [5, 5.41) is 17.1. The highest BCUT2D eigenvalue weighted by Gasteiger charge is 2.21. The zero-order valence-electron chi connectivity index (χ0n) is 8.81. The van der Waals surface area contributed by atoms with Gasteiger partial charge in [-0.25, -0.2) is 4.79 Å². The van der Waals surface area contributed by atoms with Gasteiger partial charge in [0.2, 0.25) is 0 Å². The average molecular weight is 209 g/mol. The molecule has 1 saturated carbocycles. The predicted octanol–water partition coefficient (Wildman–Crippen LogP) is 1.79. The first-order valence-corrected chi connectivity index (χ1v) is 5.35. The maximum Gasteiger partial charge on any atom is 0.358 e. The highest BCUT2D eigenvalue weighted by molar-refractivity contribution is 5.86. The molecule has 0 saturated heterocycles. The molecule has 0 aliphatic heterocycles. The van der Waals surface area contributed by atoms with Crippen LogP contribution >= 0.6 is 0 Å².